The molecule has 16 heavy (non-hydrogen) atoms. The molecule has 0 aliphatic carbocycles. The van der Waals surface area contributed by atoms with Gasteiger partial charge in [0.1, 0.15) is 0 Å². The fraction of sp³-hybridized carbons (Fsp3) is 0.571. The van der Waals surface area contributed by atoms with Gasteiger partial charge in [-0.1, -0.05) is 43.7 Å². The van der Waals surface area contributed by atoms with Gasteiger partial charge in [0.2, 0.25) is 0 Å². The van der Waals surface area contributed by atoms with Crippen LogP contribution >= 0.6 is 0 Å². The Hall–Kier alpha value is -0.860. The molecule has 0 saturated heterocycles. The highest BCUT2D eigenvalue weighted by molar-refractivity contribution is 5.23. The van der Waals surface area contributed by atoms with Gasteiger partial charge in [0, 0.05) is 13.2 Å². The van der Waals surface area contributed by atoms with Crippen LogP contribution in [0.25, 0.3) is 0 Å². The molecule has 1 atom stereocenters. The van der Waals surface area contributed by atoms with Crippen molar-refractivity contribution in [2.75, 3.05) is 13.2 Å². The van der Waals surface area contributed by atoms with Crippen LogP contribution in [0.4, 0.5) is 0 Å². The molecule has 2 N–H and O–H groups in total. The summed E-state index contributed by atoms with van der Waals surface area (Å²) >= 11 is 0. The summed E-state index contributed by atoms with van der Waals surface area (Å²) in [6, 6.07) is 8.40. The lowest BCUT2D eigenvalue weighted by molar-refractivity contribution is 0.0515. The molecule has 1 aromatic carbocycles. The van der Waals surface area contributed by atoms with Crippen LogP contribution in [0.1, 0.15) is 37.5 Å². The monoisotopic (exact) mass is 221 g/mol. The number of aryl methyl sites for hydroxylation is 1. The summed E-state index contributed by atoms with van der Waals surface area (Å²) in [6.45, 7) is 7.81. The largest absolute Gasteiger partial charge is 0.372 e. The van der Waals surface area contributed by atoms with Crippen molar-refractivity contribution in [2.45, 2.75) is 33.3 Å². The van der Waals surface area contributed by atoms with Crippen molar-refractivity contribution in [3.05, 3.63) is 35.4 Å². The van der Waals surface area contributed by atoms with Gasteiger partial charge in [-0.05, 0) is 24.8 Å². The summed E-state index contributed by atoms with van der Waals surface area (Å²) in [6.07, 6.45) is 1.13. The summed E-state index contributed by atoms with van der Waals surface area (Å²) in [5, 5.41) is 0. The van der Waals surface area contributed by atoms with Crippen LogP contribution in [0.3, 0.4) is 0 Å². The predicted molar refractivity (Wildman–Crippen MR) is 68.4 cm³/mol. The average Bonchev–Trinajstić information content (AvgIpc) is 2.26. The minimum absolute atomic E-state index is 0.0411. The van der Waals surface area contributed by atoms with Crippen LogP contribution in [0, 0.1) is 12.8 Å². The number of benzene rings is 1. The van der Waals surface area contributed by atoms with E-state index in [1.165, 1.54) is 11.1 Å². The van der Waals surface area contributed by atoms with Crippen molar-refractivity contribution in [3.63, 3.8) is 0 Å². The molecule has 2 nitrogen and oxygen atoms in total. The number of rotatable bonds is 6. The summed E-state index contributed by atoms with van der Waals surface area (Å²) < 4.78 is 5.80. The van der Waals surface area contributed by atoms with Gasteiger partial charge in [-0.2, -0.15) is 0 Å². The molecular formula is C14H23NO. The zero-order valence-corrected chi connectivity index (χ0v) is 10.6. The Morgan fingerprint density at radius 2 is 1.81 bits per heavy atom. The maximum atomic E-state index is 5.80. The number of hydrogen-bond donors (Lipinski definition) is 1. The quantitative estimate of drug-likeness (QED) is 0.801. The first-order valence-corrected chi connectivity index (χ1v) is 6.01. The van der Waals surface area contributed by atoms with E-state index in [4.69, 9.17) is 10.5 Å². The first-order valence-electron chi connectivity index (χ1n) is 6.01. The van der Waals surface area contributed by atoms with Crippen LogP contribution in [-0.4, -0.2) is 13.2 Å². The molecule has 0 fully saturated rings. The van der Waals surface area contributed by atoms with Crippen molar-refractivity contribution in [1.29, 1.82) is 0 Å². The van der Waals surface area contributed by atoms with E-state index < -0.39 is 0 Å². The smallest absolute Gasteiger partial charge is 0.0947 e. The first kappa shape index (κ1) is 13.2. The van der Waals surface area contributed by atoms with E-state index in [0.29, 0.717) is 12.5 Å². The minimum atomic E-state index is 0.0411. The van der Waals surface area contributed by atoms with Crippen molar-refractivity contribution < 1.29 is 4.74 Å². The standard InChI is InChI=1S/C14H23NO/c1-11(2)8-9-16-14(10-15)13-6-4-12(3)5-7-13/h4-7,11,14H,8-10,15H2,1-3H3. The van der Waals surface area contributed by atoms with Gasteiger partial charge in [-0.25, -0.2) is 0 Å². The lowest BCUT2D eigenvalue weighted by Gasteiger charge is -2.17. The molecule has 0 aromatic heterocycles. The molecule has 0 aliphatic heterocycles. The topological polar surface area (TPSA) is 35.2 Å². The molecule has 1 aromatic rings. The molecular weight excluding hydrogens is 198 g/mol. The van der Waals surface area contributed by atoms with E-state index >= 15 is 0 Å². The highest BCUT2D eigenvalue weighted by Crippen LogP contribution is 2.17. The van der Waals surface area contributed by atoms with Crippen LogP contribution < -0.4 is 5.73 Å². The molecule has 0 heterocycles. The van der Waals surface area contributed by atoms with Crippen LogP contribution in [0.2, 0.25) is 0 Å². The highest BCUT2D eigenvalue weighted by atomic mass is 16.5. The normalized spacial score (nSPS) is 13.1. The molecule has 1 rings (SSSR count). The number of ether oxygens (including phenoxy) is 1. The van der Waals surface area contributed by atoms with E-state index in [0.717, 1.165) is 13.0 Å². The Morgan fingerprint density at radius 1 is 1.19 bits per heavy atom. The summed E-state index contributed by atoms with van der Waals surface area (Å²) in [4.78, 5) is 0. The SMILES string of the molecule is Cc1ccc(C(CN)OCCC(C)C)cc1. The fourth-order valence-corrected chi connectivity index (χ4v) is 1.53. The fourth-order valence-electron chi connectivity index (χ4n) is 1.53. The molecule has 0 spiro atoms. The number of nitrogens with two attached hydrogens (primary N) is 1. The van der Waals surface area contributed by atoms with Gasteiger partial charge in [0.25, 0.3) is 0 Å². The van der Waals surface area contributed by atoms with Crippen LogP contribution in [0.5, 0.6) is 0 Å². The maximum absolute atomic E-state index is 5.80. The maximum Gasteiger partial charge on any atom is 0.0947 e. The summed E-state index contributed by atoms with van der Waals surface area (Å²) in [5.74, 6) is 0.677. The Labute approximate surface area is 98.8 Å². The molecule has 0 saturated carbocycles. The third-order valence-electron chi connectivity index (χ3n) is 2.68. The second-order valence-corrected chi connectivity index (χ2v) is 4.69. The van der Waals surface area contributed by atoms with E-state index in [2.05, 4.69) is 45.0 Å². The van der Waals surface area contributed by atoms with E-state index in [1.807, 2.05) is 0 Å². The summed E-state index contributed by atoms with van der Waals surface area (Å²) in [7, 11) is 0. The van der Waals surface area contributed by atoms with Gasteiger partial charge in [0.05, 0.1) is 6.10 Å². The average molecular weight is 221 g/mol. The molecule has 0 radical (unpaired) electrons. The van der Waals surface area contributed by atoms with E-state index in [1.54, 1.807) is 0 Å². The Balaban J connectivity index is 2.50. The van der Waals surface area contributed by atoms with Gasteiger partial charge in [-0.15, -0.1) is 0 Å². The first-order chi connectivity index (χ1) is 7.63. The van der Waals surface area contributed by atoms with Gasteiger partial charge in [-0.3, -0.25) is 0 Å². The molecule has 0 bridgehead atoms. The minimum Gasteiger partial charge on any atom is -0.372 e. The van der Waals surface area contributed by atoms with Crippen molar-refractivity contribution in [1.82, 2.24) is 0 Å². The van der Waals surface area contributed by atoms with Gasteiger partial charge < -0.3 is 10.5 Å². The van der Waals surface area contributed by atoms with E-state index in [-0.39, 0.29) is 6.10 Å². The third-order valence-corrected chi connectivity index (χ3v) is 2.68. The Bertz CT molecular complexity index is 292. The second kappa shape index (κ2) is 6.66. The predicted octanol–water partition coefficient (Wildman–Crippen LogP) is 3.06. The van der Waals surface area contributed by atoms with Crippen LogP contribution in [-0.2, 0) is 4.74 Å². The molecule has 0 aliphatic rings. The Kier molecular flexibility index (Phi) is 5.50. The molecule has 0 amide bonds. The number of hydrogen-bond acceptors (Lipinski definition) is 2. The second-order valence-electron chi connectivity index (χ2n) is 4.69. The third kappa shape index (κ3) is 4.33. The van der Waals surface area contributed by atoms with Crippen LogP contribution in [0.15, 0.2) is 24.3 Å². The zero-order chi connectivity index (χ0) is 12.0. The zero-order valence-electron chi connectivity index (χ0n) is 10.6. The lowest BCUT2D eigenvalue weighted by Crippen LogP contribution is -2.17. The summed E-state index contributed by atoms with van der Waals surface area (Å²) in [5.41, 5.74) is 8.18. The molecule has 1 unspecified atom stereocenters. The van der Waals surface area contributed by atoms with Crippen molar-refractivity contribution in [3.8, 4) is 0 Å². The lowest BCUT2D eigenvalue weighted by atomic mass is 10.1. The van der Waals surface area contributed by atoms with E-state index in [9.17, 15) is 0 Å². The molecule has 90 valence electrons. The Morgan fingerprint density at radius 3 is 2.31 bits per heavy atom. The van der Waals surface area contributed by atoms with Crippen molar-refractivity contribution in [2.24, 2.45) is 11.7 Å². The molecule has 2 heteroatoms. The van der Waals surface area contributed by atoms with Gasteiger partial charge in [0.15, 0.2) is 0 Å². The van der Waals surface area contributed by atoms with Gasteiger partial charge >= 0.3 is 0 Å². The van der Waals surface area contributed by atoms with Crippen molar-refractivity contribution >= 4 is 0 Å². The highest BCUT2D eigenvalue weighted by Gasteiger charge is 2.09.